The number of likely N-dealkylation sites (N-methyl/N-ethyl adjacent to an activating group) is 1. The number of nitrogens with one attached hydrogen (secondary N) is 1. The van der Waals surface area contributed by atoms with E-state index in [0.717, 1.165) is 56.3 Å². The summed E-state index contributed by atoms with van der Waals surface area (Å²) in [5.41, 5.74) is 3.73. The molecule has 1 fully saturated rings. The van der Waals surface area contributed by atoms with Gasteiger partial charge in [0, 0.05) is 51.5 Å². The molecular formula is C26H32N4O. The minimum absolute atomic E-state index is 0.302. The fourth-order valence-electron chi connectivity index (χ4n) is 3.97. The Morgan fingerprint density at radius 3 is 2.52 bits per heavy atom. The van der Waals surface area contributed by atoms with Crippen LogP contribution in [-0.4, -0.2) is 54.6 Å². The molecule has 5 nitrogen and oxygen atoms in total. The molecule has 0 bridgehead atoms. The molecule has 1 atom stereocenters. The smallest absolute Gasteiger partial charge is 0.145 e. The summed E-state index contributed by atoms with van der Waals surface area (Å²) in [6.45, 7) is 8.47. The zero-order valence-corrected chi connectivity index (χ0v) is 18.5. The number of nitrogens with zero attached hydrogens (tertiary/aromatic N) is 3. The van der Waals surface area contributed by atoms with Gasteiger partial charge in [-0.1, -0.05) is 42.5 Å². The highest BCUT2D eigenvalue weighted by Gasteiger charge is 2.19. The largest absolute Gasteiger partial charge is 0.455 e. The molecule has 0 radical (unpaired) electrons. The maximum Gasteiger partial charge on any atom is 0.145 e. The predicted octanol–water partition coefficient (Wildman–Crippen LogP) is 4.26. The Labute approximate surface area is 185 Å². The second kappa shape index (κ2) is 10.5. The first kappa shape index (κ1) is 21.5. The van der Waals surface area contributed by atoms with Crippen molar-refractivity contribution in [2.45, 2.75) is 19.5 Å². The zero-order chi connectivity index (χ0) is 21.5. The first-order valence-corrected chi connectivity index (χ1v) is 11.0. The Bertz CT molecular complexity index is 940. The van der Waals surface area contributed by atoms with Crippen molar-refractivity contribution in [3.63, 3.8) is 0 Å². The van der Waals surface area contributed by atoms with E-state index in [4.69, 9.17) is 4.74 Å². The van der Waals surface area contributed by atoms with Crippen LogP contribution in [-0.2, 0) is 6.54 Å². The normalized spacial score (nSPS) is 16.2. The van der Waals surface area contributed by atoms with E-state index in [0.29, 0.717) is 6.04 Å². The van der Waals surface area contributed by atoms with E-state index in [1.165, 1.54) is 11.1 Å². The van der Waals surface area contributed by atoms with Crippen molar-refractivity contribution in [1.82, 2.24) is 20.1 Å². The molecule has 0 aliphatic carbocycles. The molecule has 162 valence electrons. The van der Waals surface area contributed by atoms with Crippen molar-refractivity contribution >= 4 is 0 Å². The summed E-state index contributed by atoms with van der Waals surface area (Å²) < 4.78 is 5.97. The van der Waals surface area contributed by atoms with Crippen molar-refractivity contribution in [2.75, 3.05) is 39.8 Å². The Balaban J connectivity index is 1.41. The first-order valence-electron chi connectivity index (χ1n) is 11.0. The predicted molar refractivity (Wildman–Crippen MR) is 125 cm³/mol. The number of pyridine rings is 1. The minimum atomic E-state index is 0.302. The first-order chi connectivity index (χ1) is 15.2. The molecule has 4 rings (SSSR count). The van der Waals surface area contributed by atoms with Gasteiger partial charge >= 0.3 is 0 Å². The van der Waals surface area contributed by atoms with E-state index in [2.05, 4.69) is 82.6 Å². The molecule has 0 saturated carbocycles. The minimum Gasteiger partial charge on any atom is -0.455 e. The number of aryl methyl sites for hydroxylation is 1. The van der Waals surface area contributed by atoms with Crippen molar-refractivity contribution in [3.05, 3.63) is 89.7 Å². The number of hydrogen-bond acceptors (Lipinski definition) is 5. The standard InChI is InChI=1S/C26H32N4O/c1-21-17-22(10-11-26(21)31-24-9-6-12-27-19-24)18-28-25(23-7-4-3-5-8-23)20-30-15-13-29(2)14-16-30/h3-12,17,19,25,28H,13-16,18,20H2,1-2H3. The van der Waals surface area contributed by atoms with Gasteiger partial charge in [-0.05, 0) is 48.9 Å². The van der Waals surface area contributed by atoms with E-state index in [9.17, 15) is 0 Å². The van der Waals surface area contributed by atoms with Crippen molar-refractivity contribution in [2.24, 2.45) is 0 Å². The molecule has 1 saturated heterocycles. The van der Waals surface area contributed by atoms with Crippen LogP contribution < -0.4 is 10.1 Å². The van der Waals surface area contributed by atoms with Crippen LogP contribution in [0.25, 0.3) is 0 Å². The monoisotopic (exact) mass is 416 g/mol. The van der Waals surface area contributed by atoms with Crippen molar-refractivity contribution in [3.8, 4) is 11.5 Å². The number of piperazine rings is 1. The van der Waals surface area contributed by atoms with Crippen molar-refractivity contribution in [1.29, 1.82) is 0 Å². The second-order valence-corrected chi connectivity index (χ2v) is 8.34. The summed E-state index contributed by atoms with van der Waals surface area (Å²) in [6, 6.07) is 21.3. The molecular weight excluding hydrogens is 384 g/mol. The Kier molecular flexibility index (Phi) is 7.30. The molecule has 2 aromatic carbocycles. The van der Waals surface area contributed by atoms with E-state index < -0.39 is 0 Å². The lowest BCUT2D eigenvalue weighted by atomic mass is 10.0. The molecule has 31 heavy (non-hydrogen) atoms. The van der Waals surface area contributed by atoms with Gasteiger partial charge in [-0.2, -0.15) is 0 Å². The van der Waals surface area contributed by atoms with Crippen LogP contribution in [0.5, 0.6) is 11.5 Å². The maximum absolute atomic E-state index is 5.97. The molecule has 5 heteroatoms. The third-order valence-corrected chi connectivity index (χ3v) is 5.89. The Morgan fingerprint density at radius 2 is 1.81 bits per heavy atom. The third-order valence-electron chi connectivity index (χ3n) is 5.89. The van der Waals surface area contributed by atoms with Crippen LogP contribution >= 0.6 is 0 Å². The highest BCUT2D eigenvalue weighted by Crippen LogP contribution is 2.25. The zero-order valence-electron chi connectivity index (χ0n) is 18.5. The number of benzene rings is 2. The van der Waals surface area contributed by atoms with Crippen LogP contribution in [0.4, 0.5) is 0 Å². The lowest BCUT2D eigenvalue weighted by Crippen LogP contribution is -2.47. The summed E-state index contributed by atoms with van der Waals surface area (Å²) in [5.74, 6) is 1.63. The van der Waals surface area contributed by atoms with Gasteiger partial charge in [-0.15, -0.1) is 0 Å². The molecule has 3 aromatic rings. The number of hydrogen-bond donors (Lipinski definition) is 1. The van der Waals surface area contributed by atoms with Gasteiger partial charge in [-0.3, -0.25) is 9.88 Å². The van der Waals surface area contributed by atoms with Crippen LogP contribution in [0.3, 0.4) is 0 Å². The van der Waals surface area contributed by atoms with Gasteiger partial charge in [-0.25, -0.2) is 0 Å². The SMILES string of the molecule is Cc1cc(CNC(CN2CCN(C)CC2)c2ccccc2)ccc1Oc1cccnc1. The van der Waals surface area contributed by atoms with Gasteiger partial charge in [0.05, 0.1) is 6.20 Å². The molecule has 1 N–H and O–H groups in total. The topological polar surface area (TPSA) is 40.6 Å². The summed E-state index contributed by atoms with van der Waals surface area (Å²) >= 11 is 0. The van der Waals surface area contributed by atoms with Crippen LogP contribution in [0.1, 0.15) is 22.7 Å². The molecule has 1 aromatic heterocycles. The van der Waals surface area contributed by atoms with Gasteiger partial charge in [0.2, 0.25) is 0 Å². The summed E-state index contributed by atoms with van der Waals surface area (Å²) in [7, 11) is 2.20. The Morgan fingerprint density at radius 1 is 1.00 bits per heavy atom. The van der Waals surface area contributed by atoms with Gasteiger partial charge in [0.25, 0.3) is 0 Å². The van der Waals surface area contributed by atoms with Crippen LogP contribution in [0, 0.1) is 6.92 Å². The average molecular weight is 417 g/mol. The summed E-state index contributed by atoms with van der Waals surface area (Å²) in [4.78, 5) is 9.09. The fraction of sp³-hybridized carbons (Fsp3) is 0.346. The summed E-state index contributed by atoms with van der Waals surface area (Å²) in [6.07, 6.45) is 3.48. The maximum atomic E-state index is 5.97. The van der Waals surface area contributed by atoms with Gasteiger partial charge in [0.15, 0.2) is 0 Å². The second-order valence-electron chi connectivity index (χ2n) is 8.34. The quantitative estimate of drug-likeness (QED) is 0.594. The lowest BCUT2D eigenvalue weighted by molar-refractivity contribution is 0.142. The third kappa shape index (κ3) is 6.14. The Hall–Kier alpha value is -2.73. The lowest BCUT2D eigenvalue weighted by Gasteiger charge is -2.35. The number of rotatable bonds is 8. The van der Waals surface area contributed by atoms with Crippen LogP contribution in [0.15, 0.2) is 73.1 Å². The van der Waals surface area contributed by atoms with Crippen LogP contribution in [0.2, 0.25) is 0 Å². The fourth-order valence-corrected chi connectivity index (χ4v) is 3.97. The highest BCUT2D eigenvalue weighted by molar-refractivity contribution is 5.39. The van der Waals surface area contributed by atoms with E-state index in [1.807, 2.05) is 12.1 Å². The molecule has 1 unspecified atom stereocenters. The van der Waals surface area contributed by atoms with Gasteiger partial charge < -0.3 is 15.0 Å². The van der Waals surface area contributed by atoms with E-state index >= 15 is 0 Å². The number of aromatic nitrogens is 1. The molecule has 2 heterocycles. The highest BCUT2D eigenvalue weighted by atomic mass is 16.5. The van der Waals surface area contributed by atoms with E-state index in [1.54, 1.807) is 12.4 Å². The molecule has 0 amide bonds. The molecule has 1 aliphatic rings. The number of ether oxygens (including phenoxy) is 1. The average Bonchev–Trinajstić information content (AvgIpc) is 2.81. The van der Waals surface area contributed by atoms with E-state index in [-0.39, 0.29) is 0 Å². The molecule has 0 spiro atoms. The van der Waals surface area contributed by atoms with Gasteiger partial charge in [0.1, 0.15) is 11.5 Å². The summed E-state index contributed by atoms with van der Waals surface area (Å²) in [5, 5.41) is 3.80. The molecule has 1 aliphatic heterocycles. The van der Waals surface area contributed by atoms with Crippen molar-refractivity contribution < 1.29 is 4.74 Å².